The van der Waals surface area contributed by atoms with E-state index in [0.717, 1.165) is 42.8 Å². The predicted octanol–water partition coefficient (Wildman–Crippen LogP) is 2.88. The average Bonchev–Trinajstić information content (AvgIpc) is 2.73. The van der Waals surface area contributed by atoms with Gasteiger partial charge in [-0.1, -0.05) is 13.8 Å². The topological polar surface area (TPSA) is 54.7 Å². The van der Waals surface area contributed by atoms with E-state index in [1.807, 2.05) is 0 Å². The first kappa shape index (κ1) is 14.2. The molecule has 21 heavy (non-hydrogen) atoms. The van der Waals surface area contributed by atoms with Crippen LogP contribution in [0.2, 0.25) is 0 Å². The van der Waals surface area contributed by atoms with Crippen LogP contribution in [0.15, 0.2) is 10.5 Å². The molecule has 4 heteroatoms. The lowest BCUT2D eigenvalue weighted by molar-refractivity contribution is -0.153. The summed E-state index contributed by atoms with van der Waals surface area (Å²) in [5, 5.41) is 0. The van der Waals surface area contributed by atoms with E-state index in [4.69, 9.17) is 9.15 Å². The molecule has 1 aromatic rings. The zero-order valence-corrected chi connectivity index (χ0v) is 12.6. The summed E-state index contributed by atoms with van der Waals surface area (Å²) in [6, 6.07) is 2.07. The summed E-state index contributed by atoms with van der Waals surface area (Å²) in [7, 11) is 0. The fourth-order valence-electron chi connectivity index (χ4n) is 3.42. The minimum atomic E-state index is -0.365. The molecule has 1 fully saturated rings. The van der Waals surface area contributed by atoms with Gasteiger partial charge in [0.05, 0.1) is 30.2 Å². The molecule has 0 spiro atoms. The van der Waals surface area contributed by atoms with Gasteiger partial charge in [-0.25, -0.2) is 4.42 Å². The normalized spacial score (nSPS) is 23.7. The van der Waals surface area contributed by atoms with Crippen LogP contribution >= 0.6 is 0 Å². The third-order valence-corrected chi connectivity index (χ3v) is 4.44. The van der Waals surface area contributed by atoms with Crippen molar-refractivity contribution < 1.29 is 18.7 Å². The SMILES string of the molecule is CCCc1cc2c(c(CCC)[o+]1)CC1C(=O)OC(=O)C1C2. The number of hydrogen-bond donors (Lipinski definition) is 0. The third kappa shape index (κ3) is 2.47. The summed E-state index contributed by atoms with van der Waals surface area (Å²) < 4.78 is 10.8. The number of ether oxygens (including phenoxy) is 1. The molecule has 4 nitrogen and oxygen atoms in total. The number of fused-ring (bicyclic) bond motifs is 2. The summed E-state index contributed by atoms with van der Waals surface area (Å²) in [6.45, 7) is 4.24. The van der Waals surface area contributed by atoms with Gasteiger partial charge in [0.1, 0.15) is 0 Å². The maximum absolute atomic E-state index is 11.8. The van der Waals surface area contributed by atoms with Crippen molar-refractivity contribution >= 4 is 11.9 Å². The van der Waals surface area contributed by atoms with Crippen molar-refractivity contribution in [1.82, 2.24) is 0 Å². The molecule has 2 atom stereocenters. The first-order chi connectivity index (χ1) is 10.1. The van der Waals surface area contributed by atoms with Gasteiger partial charge in [0.25, 0.3) is 0 Å². The molecule has 0 saturated carbocycles. The number of rotatable bonds is 4. The number of carbonyl (C=O) groups excluding carboxylic acids is 2. The molecule has 0 radical (unpaired) electrons. The Hall–Kier alpha value is -1.71. The highest BCUT2D eigenvalue weighted by atomic mass is 16.6. The van der Waals surface area contributed by atoms with Crippen LogP contribution in [0.25, 0.3) is 0 Å². The Bertz CT molecular complexity index is 591. The Balaban J connectivity index is 2.01. The predicted molar refractivity (Wildman–Crippen MR) is 76.6 cm³/mol. The van der Waals surface area contributed by atoms with Gasteiger partial charge < -0.3 is 4.74 Å². The fourth-order valence-corrected chi connectivity index (χ4v) is 3.42. The van der Waals surface area contributed by atoms with E-state index in [0.29, 0.717) is 12.8 Å². The van der Waals surface area contributed by atoms with Crippen LogP contribution in [0.5, 0.6) is 0 Å². The van der Waals surface area contributed by atoms with Crippen LogP contribution < -0.4 is 0 Å². The molecule has 1 aromatic heterocycles. The molecule has 0 bridgehead atoms. The van der Waals surface area contributed by atoms with E-state index >= 15 is 0 Å². The van der Waals surface area contributed by atoms with E-state index in [9.17, 15) is 9.59 Å². The van der Waals surface area contributed by atoms with Crippen LogP contribution in [-0.4, -0.2) is 11.9 Å². The number of esters is 2. The maximum Gasteiger partial charge on any atom is 0.332 e. The zero-order valence-electron chi connectivity index (χ0n) is 12.6. The van der Waals surface area contributed by atoms with Gasteiger partial charge in [0, 0.05) is 6.07 Å². The van der Waals surface area contributed by atoms with E-state index in [1.54, 1.807) is 0 Å². The van der Waals surface area contributed by atoms with E-state index in [2.05, 4.69) is 19.9 Å². The van der Waals surface area contributed by atoms with Crippen molar-refractivity contribution in [3.05, 3.63) is 28.7 Å². The van der Waals surface area contributed by atoms with Crippen LogP contribution in [0.4, 0.5) is 0 Å². The molecular weight excluding hydrogens is 268 g/mol. The summed E-state index contributed by atoms with van der Waals surface area (Å²) in [4.78, 5) is 23.6. The third-order valence-electron chi connectivity index (χ3n) is 4.44. The molecule has 1 aliphatic carbocycles. The molecule has 1 aliphatic heterocycles. The van der Waals surface area contributed by atoms with Crippen LogP contribution in [-0.2, 0) is 40.0 Å². The van der Waals surface area contributed by atoms with Gasteiger partial charge in [-0.15, -0.1) is 0 Å². The Labute approximate surface area is 124 Å². The van der Waals surface area contributed by atoms with Gasteiger partial charge in [-0.05, 0) is 31.2 Å². The molecule has 0 aromatic carbocycles. The van der Waals surface area contributed by atoms with Crippen molar-refractivity contribution in [1.29, 1.82) is 0 Å². The van der Waals surface area contributed by atoms with Crippen molar-refractivity contribution in [2.24, 2.45) is 11.8 Å². The Kier molecular flexibility index (Phi) is 3.79. The molecule has 0 N–H and O–H groups in total. The van der Waals surface area contributed by atoms with Gasteiger partial charge in [0.15, 0.2) is 0 Å². The van der Waals surface area contributed by atoms with Gasteiger partial charge in [-0.2, -0.15) is 0 Å². The van der Waals surface area contributed by atoms with Crippen molar-refractivity contribution in [2.75, 3.05) is 0 Å². The van der Waals surface area contributed by atoms with Gasteiger partial charge in [-0.3, -0.25) is 9.59 Å². The minimum absolute atomic E-state index is 0.295. The number of carbonyl (C=O) groups is 2. The van der Waals surface area contributed by atoms with E-state index < -0.39 is 0 Å². The van der Waals surface area contributed by atoms with E-state index in [-0.39, 0.29) is 23.8 Å². The standard InChI is InChI=1S/C17H21O4/c1-3-5-11-7-10-8-13-14(17(19)21-16(13)18)9-12(10)15(20-11)6-4-2/h7,13-14H,3-6,8-9H2,1-2H3/q+1. The highest BCUT2D eigenvalue weighted by molar-refractivity contribution is 5.97. The second-order valence-corrected chi connectivity index (χ2v) is 6.00. The molecule has 2 aliphatic rings. The number of hydrogen-bond acceptors (Lipinski definition) is 3. The molecule has 2 heterocycles. The summed E-state index contributed by atoms with van der Waals surface area (Å²) in [5.41, 5.74) is 2.30. The number of aryl methyl sites for hydroxylation is 2. The number of cyclic esters (lactones) is 2. The lowest BCUT2D eigenvalue weighted by Gasteiger charge is -2.21. The molecule has 3 rings (SSSR count). The van der Waals surface area contributed by atoms with Crippen LogP contribution in [0, 0.1) is 11.8 Å². The summed E-state index contributed by atoms with van der Waals surface area (Å²) >= 11 is 0. The van der Waals surface area contributed by atoms with Crippen molar-refractivity contribution in [3.8, 4) is 0 Å². The smallest absolute Gasteiger partial charge is 0.332 e. The lowest BCUT2D eigenvalue weighted by atomic mass is 9.76. The van der Waals surface area contributed by atoms with E-state index in [1.165, 1.54) is 5.56 Å². The quantitative estimate of drug-likeness (QED) is 0.486. The summed E-state index contributed by atoms with van der Waals surface area (Å²) in [6.07, 6.45) is 5.00. The Morgan fingerprint density at radius 1 is 1.10 bits per heavy atom. The second kappa shape index (κ2) is 5.58. The fraction of sp³-hybridized carbons (Fsp3) is 0.588. The Morgan fingerprint density at radius 2 is 1.76 bits per heavy atom. The first-order valence-corrected chi connectivity index (χ1v) is 7.86. The molecule has 112 valence electrons. The van der Waals surface area contributed by atoms with Crippen molar-refractivity contribution in [2.45, 2.75) is 52.4 Å². The molecule has 1 saturated heterocycles. The molecule has 2 unspecified atom stereocenters. The van der Waals surface area contributed by atoms with Crippen molar-refractivity contribution in [3.63, 3.8) is 0 Å². The van der Waals surface area contributed by atoms with Crippen LogP contribution in [0.1, 0.15) is 49.3 Å². The van der Waals surface area contributed by atoms with Gasteiger partial charge in [0.2, 0.25) is 0 Å². The maximum atomic E-state index is 11.8. The molecular formula is C17H21O4+. The average molecular weight is 289 g/mol. The minimum Gasteiger partial charge on any atom is -0.393 e. The Morgan fingerprint density at radius 3 is 2.43 bits per heavy atom. The monoisotopic (exact) mass is 289 g/mol. The van der Waals surface area contributed by atoms with Gasteiger partial charge >= 0.3 is 23.5 Å². The zero-order chi connectivity index (χ0) is 15.0. The molecule has 0 amide bonds. The highest BCUT2D eigenvalue weighted by Crippen LogP contribution is 2.38. The largest absolute Gasteiger partial charge is 0.393 e. The summed E-state index contributed by atoms with van der Waals surface area (Å²) in [5.74, 6) is 0.644. The lowest BCUT2D eigenvalue weighted by Crippen LogP contribution is -2.28. The highest BCUT2D eigenvalue weighted by Gasteiger charge is 2.48. The first-order valence-electron chi connectivity index (χ1n) is 7.86. The van der Waals surface area contributed by atoms with Crippen LogP contribution in [0.3, 0.4) is 0 Å². The second-order valence-electron chi connectivity index (χ2n) is 6.00.